The summed E-state index contributed by atoms with van der Waals surface area (Å²) in [4.78, 5) is 72.1. The van der Waals surface area contributed by atoms with Gasteiger partial charge >= 0.3 is 12.5 Å². The molecule has 0 aliphatic carbocycles. The molecule has 3 saturated heterocycles. The number of carbonyl (C=O) groups excluding carboxylic acids is 4. The number of H-pyrrole nitrogens is 1. The van der Waals surface area contributed by atoms with E-state index in [0.717, 1.165) is 0 Å². The Kier molecular flexibility index (Phi) is 13.5. The van der Waals surface area contributed by atoms with Gasteiger partial charge in [-0.25, -0.2) is 14.8 Å². The summed E-state index contributed by atoms with van der Waals surface area (Å²) >= 11 is 0. The molecule has 18 heteroatoms. The quantitative estimate of drug-likeness (QED) is 0.146. The fourth-order valence-corrected chi connectivity index (χ4v) is 8.80. The van der Waals surface area contributed by atoms with Crippen LogP contribution in [0.15, 0.2) is 67.0 Å². The minimum Gasteiger partial charge on any atom is -0.453 e. The number of methoxy groups -OCH3 is 1. The molecule has 5 heterocycles. The number of alkyl halides is 3. The number of piperazine rings is 1. The molecule has 3 N–H and O–H groups in total. The molecule has 2 aromatic carbocycles. The number of benzene rings is 2. The van der Waals surface area contributed by atoms with E-state index >= 15 is 0 Å². The predicted octanol–water partition coefficient (Wildman–Crippen LogP) is 7.43. The lowest BCUT2D eigenvalue weighted by molar-refractivity contribution is -0.274. The number of halogens is 3. The Hall–Kier alpha value is -6.17. The average molecular weight is 889 g/mol. The number of anilines is 2. The molecule has 4 amide bonds. The van der Waals surface area contributed by atoms with E-state index in [1.165, 1.54) is 31.5 Å². The van der Waals surface area contributed by atoms with Crippen LogP contribution in [0.4, 0.5) is 29.5 Å². The number of aromatic amines is 1. The number of carbonyl (C=O) groups is 4. The largest absolute Gasteiger partial charge is 0.573 e. The summed E-state index contributed by atoms with van der Waals surface area (Å²) in [6.45, 7) is 12.8. The summed E-state index contributed by atoms with van der Waals surface area (Å²) in [5.74, 6) is -0.0277. The van der Waals surface area contributed by atoms with Crippen LogP contribution < -0.4 is 20.3 Å². The van der Waals surface area contributed by atoms with Crippen molar-refractivity contribution in [2.24, 2.45) is 17.3 Å². The van der Waals surface area contributed by atoms with Gasteiger partial charge in [-0.3, -0.25) is 14.4 Å². The smallest absolute Gasteiger partial charge is 0.453 e. The zero-order valence-electron chi connectivity index (χ0n) is 36.8. The molecule has 15 nitrogen and oxygen atoms in total. The molecule has 1 unspecified atom stereocenters. The molecule has 3 fully saturated rings. The number of imidazole rings is 1. The van der Waals surface area contributed by atoms with Gasteiger partial charge in [-0.15, -0.1) is 13.2 Å². The highest BCUT2D eigenvalue weighted by atomic mass is 19.4. The number of rotatable bonds is 10. The first-order chi connectivity index (χ1) is 30.4. The first kappa shape index (κ1) is 45.8. The third-order valence-electron chi connectivity index (χ3n) is 12.0. The van der Waals surface area contributed by atoms with Crippen molar-refractivity contribution >= 4 is 35.3 Å². The second-order valence-electron chi connectivity index (χ2n) is 17.8. The Labute approximate surface area is 370 Å². The van der Waals surface area contributed by atoms with Crippen LogP contribution in [0, 0.1) is 17.3 Å². The molecule has 0 radical (unpaired) electrons. The van der Waals surface area contributed by atoms with Crippen LogP contribution in [0.2, 0.25) is 0 Å². The lowest BCUT2D eigenvalue weighted by atomic mass is 9.90. The van der Waals surface area contributed by atoms with Gasteiger partial charge in [0.1, 0.15) is 23.4 Å². The van der Waals surface area contributed by atoms with Gasteiger partial charge in [0, 0.05) is 68.2 Å². The van der Waals surface area contributed by atoms with Gasteiger partial charge in [0.05, 0.1) is 36.3 Å². The van der Waals surface area contributed by atoms with E-state index in [1.54, 1.807) is 47.5 Å². The standard InChI is InChI=1S/C46H55F3N8O7/c1-27-21-36(57(25-27)42(59)39(54-44(61)62-6)29-15-19-63-20-16-29)40-51-24-35(52-40)33-13-11-30(32-9-7-8-10-37(32)64-46(47,48)49)22-34(33)53-41(58)31-12-14-38(50-23-31)56-18-17-55(26-28(56)2)43(60)45(3,4)5/h7-14,22-24,27-29,36,39H,15-21,25-26H2,1-6H3,(H,51,52)(H,53,58)(H,54,61)/t27-,28?,36-,39-/m0/s1. The summed E-state index contributed by atoms with van der Waals surface area (Å²) in [5, 5.41) is 5.72. The van der Waals surface area contributed by atoms with Crippen molar-refractivity contribution in [1.29, 1.82) is 0 Å². The van der Waals surface area contributed by atoms with E-state index in [1.807, 2.05) is 39.5 Å². The Morgan fingerprint density at radius 3 is 2.34 bits per heavy atom. The van der Waals surface area contributed by atoms with Crippen molar-refractivity contribution in [2.75, 3.05) is 56.7 Å². The van der Waals surface area contributed by atoms with Crippen LogP contribution in [0.5, 0.6) is 5.75 Å². The summed E-state index contributed by atoms with van der Waals surface area (Å²) in [5.41, 5.74) is 1.42. The first-order valence-electron chi connectivity index (χ1n) is 21.5. The molecule has 7 rings (SSSR count). The van der Waals surface area contributed by atoms with Crippen LogP contribution in [0.1, 0.15) is 76.1 Å². The van der Waals surface area contributed by atoms with Gasteiger partial charge in [0.25, 0.3) is 5.91 Å². The number of alkyl carbamates (subject to hydrolysis) is 1. The lowest BCUT2D eigenvalue weighted by Gasteiger charge is -2.42. The average Bonchev–Trinajstić information content (AvgIpc) is 3.91. The number of hydrogen-bond donors (Lipinski definition) is 3. The monoisotopic (exact) mass is 888 g/mol. The van der Waals surface area contributed by atoms with Crippen molar-refractivity contribution in [3.8, 4) is 28.1 Å². The van der Waals surface area contributed by atoms with Gasteiger partial charge < -0.3 is 44.5 Å². The molecule has 4 atom stereocenters. The van der Waals surface area contributed by atoms with E-state index in [2.05, 4.69) is 30.2 Å². The topological polar surface area (TPSA) is 171 Å². The van der Waals surface area contributed by atoms with Crippen molar-refractivity contribution in [3.05, 3.63) is 78.4 Å². The number of nitrogens with zero attached hydrogens (tertiary/aromatic N) is 5. The van der Waals surface area contributed by atoms with Gasteiger partial charge in [0.15, 0.2) is 0 Å². The van der Waals surface area contributed by atoms with Crippen molar-refractivity contribution in [3.63, 3.8) is 0 Å². The van der Waals surface area contributed by atoms with Gasteiger partial charge in [-0.1, -0.05) is 58.0 Å². The maximum Gasteiger partial charge on any atom is 0.573 e. The summed E-state index contributed by atoms with van der Waals surface area (Å²) in [6.07, 6.45) is -0.831. The maximum atomic E-state index is 14.3. The van der Waals surface area contributed by atoms with E-state index in [0.29, 0.717) is 87.1 Å². The van der Waals surface area contributed by atoms with E-state index in [4.69, 9.17) is 14.5 Å². The third kappa shape index (κ3) is 10.4. The van der Waals surface area contributed by atoms with E-state index in [-0.39, 0.29) is 46.5 Å². The summed E-state index contributed by atoms with van der Waals surface area (Å²) in [6, 6.07) is 12.7. The zero-order chi connectivity index (χ0) is 45.9. The highest BCUT2D eigenvalue weighted by Gasteiger charge is 2.42. The van der Waals surface area contributed by atoms with Gasteiger partial charge in [0.2, 0.25) is 11.8 Å². The maximum absolute atomic E-state index is 14.3. The molecular formula is C46H55F3N8O7. The van der Waals surface area contributed by atoms with Crippen LogP contribution in [0.25, 0.3) is 22.4 Å². The van der Waals surface area contributed by atoms with Gasteiger partial charge in [-0.05, 0) is 67.9 Å². The van der Waals surface area contributed by atoms with E-state index < -0.39 is 41.6 Å². The Morgan fingerprint density at radius 2 is 1.67 bits per heavy atom. The van der Waals surface area contributed by atoms with E-state index in [9.17, 15) is 32.3 Å². The van der Waals surface area contributed by atoms with Crippen molar-refractivity contribution in [2.45, 2.75) is 78.4 Å². The van der Waals surface area contributed by atoms with Crippen molar-refractivity contribution < 1.29 is 46.6 Å². The molecule has 3 aliphatic rings. The summed E-state index contributed by atoms with van der Waals surface area (Å²) in [7, 11) is 1.25. The first-order valence-corrected chi connectivity index (χ1v) is 21.5. The Bertz CT molecular complexity index is 2330. The normalized spacial score (nSPS) is 20.1. The fraction of sp³-hybridized carbons (Fsp3) is 0.478. The molecular weight excluding hydrogens is 834 g/mol. The van der Waals surface area contributed by atoms with Crippen molar-refractivity contribution in [1.82, 2.24) is 30.1 Å². The number of ether oxygens (including phenoxy) is 3. The highest BCUT2D eigenvalue weighted by Crippen LogP contribution is 2.40. The second-order valence-corrected chi connectivity index (χ2v) is 17.8. The zero-order valence-corrected chi connectivity index (χ0v) is 36.8. The Morgan fingerprint density at radius 1 is 0.922 bits per heavy atom. The summed E-state index contributed by atoms with van der Waals surface area (Å²) < 4.78 is 55.3. The molecule has 4 aromatic rings. The molecule has 0 bridgehead atoms. The fourth-order valence-electron chi connectivity index (χ4n) is 8.80. The second kappa shape index (κ2) is 18.9. The molecule has 64 heavy (non-hydrogen) atoms. The predicted molar refractivity (Wildman–Crippen MR) is 232 cm³/mol. The number of amides is 4. The lowest BCUT2D eigenvalue weighted by Crippen LogP contribution is -2.56. The highest BCUT2D eigenvalue weighted by molar-refractivity contribution is 6.06. The Balaban J connectivity index is 1.17. The molecule has 0 spiro atoms. The van der Waals surface area contributed by atoms with Crippen LogP contribution in [-0.4, -0.2) is 114 Å². The van der Waals surface area contributed by atoms with Crippen LogP contribution >= 0.6 is 0 Å². The minimum atomic E-state index is -4.94. The van der Waals surface area contributed by atoms with Crippen LogP contribution in [0.3, 0.4) is 0 Å². The molecule has 3 aliphatic heterocycles. The number of nitrogens with one attached hydrogen (secondary N) is 3. The number of aromatic nitrogens is 3. The third-order valence-corrected chi connectivity index (χ3v) is 12.0. The number of para-hydroxylation sites is 1. The molecule has 0 saturated carbocycles. The minimum absolute atomic E-state index is 0.0244. The number of likely N-dealkylation sites (tertiary alicyclic amines) is 1. The number of hydrogen-bond acceptors (Lipinski definition) is 10. The SMILES string of the molecule is COC(=O)N[C@H](C(=O)N1C[C@@H](C)C[C@H]1c1ncc(-c2ccc(-c3ccccc3OC(F)(F)F)cc2NC(=O)c2ccc(N3CCN(C(=O)C(C)(C)C)CC3C)nc2)[nH]1)C1CCOCC1. The van der Waals surface area contributed by atoms with Crippen LogP contribution in [-0.2, 0) is 19.1 Å². The number of pyridine rings is 1. The molecule has 342 valence electrons. The molecule has 2 aromatic heterocycles. The van der Waals surface area contributed by atoms with Gasteiger partial charge in [-0.2, -0.15) is 0 Å².